The van der Waals surface area contributed by atoms with Crippen LogP contribution in [0.1, 0.15) is 54.6 Å². The molecule has 10 nitrogen and oxygen atoms in total. The van der Waals surface area contributed by atoms with Crippen LogP contribution in [0.5, 0.6) is 5.75 Å². The molecule has 1 aromatic carbocycles. The minimum atomic E-state index is -1.21. The number of anilines is 1. The molecule has 1 aromatic heterocycles. The topological polar surface area (TPSA) is 149 Å². The third-order valence-corrected chi connectivity index (χ3v) is 7.04. The van der Waals surface area contributed by atoms with E-state index in [0.29, 0.717) is 6.42 Å². The highest BCUT2D eigenvalue weighted by Gasteiger charge is 2.45. The van der Waals surface area contributed by atoms with Gasteiger partial charge in [-0.2, -0.15) is 0 Å². The minimum Gasteiger partial charge on any atom is -0.508 e. The number of nitrogens with zero attached hydrogens (tertiary/aromatic N) is 2. The summed E-state index contributed by atoms with van der Waals surface area (Å²) in [6.07, 6.45) is 5.62. The number of nitrogens with one attached hydrogen (secondary N) is 2. The zero-order valence-electron chi connectivity index (χ0n) is 18.4. The number of carbonyl (C=O) groups excluding carboxylic acids is 3. The van der Waals surface area contributed by atoms with Crippen molar-refractivity contribution in [3.63, 3.8) is 0 Å². The monoisotopic (exact) mass is 486 g/mol. The SMILES string of the molecule is O=C(O)c1csc(NC(=O)C(CC2CCCCC2)N2C(=O)NC(Cc3ccc(O)cc3)C2=O)n1. The number of hydrogen-bond donors (Lipinski definition) is 4. The Morgan fingerprint density at radius 3 is 2.53 bits per heavy atom. The Bertz CT molecular complexity index is 1080. The van der Waals surface area contributed by atoms with Crippen molar-refractivity contribution in [1.29, 1.82) is 0 Å². The summed E-state index contributed by atoms with van der Waals surface area (Å²) < 4.78 is 0. The zero-order valence-corrected chi connectivity index (χ0v) is 19.2. The highest BCUT2D eigenvalue weighted by atomic mass is 32.1. The standard InChI is InChI=1S/C23H26N4O6S/c28-15-8-6-14(7-9-15)10-16-20(30)27(23(33)25-16)18(11-13-4-2-1-3-5-13)19(29)26-22-24-17(12-34-22)21(31)32/h6-9,12-13,16,18,28H,1-5,10-11H2,(H,25,33)(H,31,32)(H,24,26,29). The Labute approximate surface area is 200 Å². The fourth-order valence-corrected chi connectivity index (χ4v) is 5.22. The predicted molar refractivity (Wildman–Crippen MR) is 124 cm³/mol. The molecule has 2 aliphatic rings. The number of hydrogen-bond acceptors (Lipinski definition) is 7. The van der Waals surface area contributed by atoms with E-state index in [-0.39, 0.29) is 28.9 Å². The molecule has 1 saturated heterocycles. The van der Waals surface area contributed by atoms with Crippen LogP contribution in [0.15, 0.2) is 29.6 Å². The zero-order chi connectivity index (χ0) is 24.2. The summed E-state index contributed by atoms with van der Waals surface area (Å²) in [5.41, 5.74) is 0.573. The van der Waals surface area contributed by atoms with E-state index in [4.69, 9.17) is 5.11 Å². The Hall–Kier alpha value is -3.47. The third kappa shape index (κ3) is 5.36. The van der Waals surface area contributed by atoms with Crippen LogP contribution in [-0.4, -0.2) is 56.0 Å². The molecule has 11 heteroatoms. The van der Waals surface area contributed by atoms with Gasteiger partial charge in [0.05, 0.1) is 0 Å². The second-order valence-electron chi connectivity index (χ2n) is 8.67. The van der Waals surface area contributed by atoms with E-state index in [9.17, 15) is 24.3 Å². The van der Waals surface area contributed by atoms with Crippen molar-refractivity contribution in [2.75, 3.05) is 5.32 Å². The molecule has 2 aromatic rings. The first-order valence-electron chi connectivity index (χ1n) is 11.2. The van der Waals surface area contributed by atoms with E-state index in [1.165, 1.54) is 17.5 Å². The Balaban J connectivity index is 1.53. The molecule has 4 rings (SSSR count). The molecule has 2 fully saturated rings. The average molecular weight is 487 g/mol. The van der Waals surface area contributed by atoms with E-state index in [0.717, 1.165) is 53.9 Å². The molecule has 1 saturated carbocycles. The van der Waals surface area contributed by atoms with Crippen molar-refractivity contribution in [1.82, 2.24) is 15.2 Å². The van der Waals surface area contributed by atoms with Gasteiger partial charge in [-0.3, -0.25) is 9.59 Å². The van der Waals surface area contributed by atoms with E-state index in [1.807, 2.05) is 0 Å². The molecule has 0 bridgehead atoms. The van der Waals surface area contributed by atoms with Crippen LogP contribution >= 0.6 is 11.3 Å². The van der Waals surface area contributed by atoms with Crippen LogP contribution < -0.4 is 10.6 Å². The molecule has 0 spiro atoms. The fourth-order valence-electron chi connectivity index (χ4n) is 4.54. The van der Waals surface area contributed by atoms with Crippen LogP contribution in [0, 0.1) is 5.92 Å². The molecule has 2 heterocycles. The number of benzene rings is 1. The van der Waals surface area contributed by atoms with Gasteiger partial charge >= 0.3 is 12.0 Å². The lowest BCUT2D eigenvalue weighted by molar-refractivity contribution is -0.134. The summed E-state index contributed by atoms with van der Waals surface area (Å²) in [7, 11) is 0. The van der Waals surface area contributed by atoms with Gasteiger partial charge in [-0.25, -0.2) is 19.5 Å². The summed E-state index contributed by atoms with van der Waals surface area (Å²) in [4.78, 5) is 55.3. The van der Waals surface area contributed by atoms with Crippen molar-refractivity contribution in [2.45, 2.75) is 57.0 Å². The summed E-state index contributed by atoms with van der Waals surface area (Å²) in [6, 6.07) is 3.88. The van der Waals surface area contributed by atoms with Gasteiger partial charge in [-0.1, -0.05) is 44.2 Å². The Morgan fingerprint density at radius 1 is 1.18 bits per heavy atom. The molecular weight excluding hydrogens is 460 g/mol. The summed E-state index contributed by atoms with van der Waals surface area (Å²) in [5, 5.41) is 25.2. The number of carboxylic acid groups (broad SMARTS) is 1. The number of aromatic carboxylic acids is 1. The maximum absolute atomic E-state index is 13.3. The smallest absolute Gasteiger partial charge is 0.355 e. The number of amides is 4. The number of rotatable bonds is 8. The minimum absolute atomic E-state index is 0.101. The maximum Gasteiger partial charge on any atom is 0.355 e. The number of phenols is 1. The van der Waals surface area contributed by atoms with Crippen molar-refractivity contribution >= 4 is 40.3 Å². The largest absolute Gasteiger partial charge is 0.508 e. The van der Waals surface area contributed by atoms with E-state index in [1.54, 1.807) is 12.1 Å². The first kappa shape index (κ1) is 23.7. The van der Waals surface area contributed by atoms with E-state index in [2.05, 4.69) is 15.6 Å². The highest BCUT2D eigenvalue weighted by molar-refractivity contribution is 7.14. The molecule has 4 amide bonds. The number of carboxylic acids is 1. The molecule has 1 aliphatic carbocycles. The average Bonchev–Trinajstić information content (AvgIpc) is 3.39. The molecule has 1 aliphatic heterocycles. The fraction of sp³-hybridized carbons (Fsp3) is 0.435. The normalized spacial score (nSPS) is 19.6. The van der Waals surface area contributed by atoms with Crippen LogP contribution in [0.2, 0.25) is 0 Å². The van der Waals surface area contributed by atoms with E-state index < -0.39 is 35.9 Å². The number of aromatic hydroxyl groups is 1. The van der Waals surface area contributed by atoms with Crippen LogP contribution in [0.3, 0.4) is 0 Å². The van der Waals surface area contributed by atoms with Gasteiger partial charge in [0.1, 0.15) is 17.8 Å². The summed E-state index contributed by atoms with van der Waals surface area (Å²) in [6.45, 7) is 0. The van der Waals surface area contributed by atoms with Crippen LogP contribution in [-0.2, 0) is 16.0 Å². The van der Waals surface area contributed by atoms with Gasteiger partial charge < -0.3 is 20.8 Å². The molecule has 180 valence electrons. The van der Waals surface area contributed by atoms with Gasteiger partial charge in [-0.15, -0.1) is 11.3 Å². The Kier molecular flexibility index (Phi) is 7.11. The van der Waals surface area contributed by atoms with Gasteiger partial charge in [0.25, 0.3) is 5.91 Å². The lowest BCUT2D eigenvalue weighted by Crippen LogP contribution is -2.49. The predicted octanol–water partition coefficient (Wildman–Crippen LogP) is 2.99. The van der Waals surface area contributed by atoms with Gasteiger partial charge in [0, 0.05) is 11.8 Å². The number of urea groups is 1. The molecule has 2 atom stereocenters. The third-order valence-electron chi connectivity index (χ3n) is 6.28. The van der Waals surface area contributed by atoms with Crippen LogP contribution in [0.4, 0.5) is 9.93 Å². The van der Waals surface area contributed by atoms with Gasteiger partial charge in [-0.05, 0) is 30.0 Å². The first-order valence-corrected chi connectivity index (χ1v) is 12.1. The lowest BCUT2D eigenvalue weighted by Gasteiger charge is -2.30. The molecule has 4 N–H and O–H groups in total. The molecular formula is C23H26N4O6S. The summed E-state index contributed by atoms with van der Waals surface area (Å²) in [5.74, 6) is -1.96. The van der Waals surface area contributed by atoms with E-state index >= 15 is 0 Å². The first-order chi connectivity index (χ1) is 16.3. The second kappa shape index (κ2) is 10.2. The molecule has 0 radical (unpaired) electrons. The number of thiazole rings is 1. The maximum atomic E-state index is 13.3. The number of imide groups is 1. The van der Waals surface area contributed by atoms with Gasteiger partial charge in [0.15, 0.2) is 10.8 Å². The van der Waals surface area contributed by atoms with Crippen molar-refractivity contribution in [3.05, 3.63) is 40.9 Å². The number of aromatic nitrogens is 1. The lowest BCUT2D eigenvalue weighted by atomic mass is 9.84. The summed E-state index contributed by atoms with van der Waals surface area (Å²) >= 11 is 0.969. The van der Waals surface area contributed by atoms with Crippen molar-refractivity contribution in [2.24, 2.45) is 5.92 Å². The van der Waals surface area contributed by atoms with Crippen molar-refractivity contribution in [3.8, 4) is 5.75 Å². The molecule has 34 heavy (non-hydrogen) atoms. The number of phenolic OH excluding ortho intramolecular Hbond substituents is 1. The highest BCUT2D eigenvalue weighted by Crippen LogP contribution is 2.30. The second-order valence-corrected chi connectivity index (χ2v) is 9.53. The van der Waals surface area contributed by atoms with Crippen molar-refractivity contribution < 1.29 is 29.4 Å². The number of carbonyl (C=O) groups is 4. The van der Waals surface area contributed by atoms with Gasteiger partial charge in [0.2, 0.25) is 5.91 Å². The Morgan fingerprint density at radius 2 is 1.88 bits per heavy atom. The molecule has 2 unspecified atom stereocenters. The quantitative estimate of drug-likeness (QED) is 0.419. The van der Waals surface area contributed by atoms with Crippen LogP contribution in [0.25, 0.3) is 0 Å².